The van der Waals surface area contributed by atoms with Crippen LogP contribution in [0.4, 0.5) is 5.69 Å². The molecule has 0 radical (unpaired) electrons. The molecule has 1 aliphatic heterocycles. The summed E-state index contributed by atoms with van der Waals surface area (Å²) in [7, 11) is 0. The lowest BCUT2D eigenvalue weighted by atomic mass is 10.1. The molecular formula is C16H23ClN2O3. The Balaban J connectivity index is 0.00000242. The van der Waals surface area contributed by atoms with Crippen molar-refractivity contribution in [3.63, 3.8) is 0 Å². The Morgan fingerprint density at radius 3 is 2.41 bits per heavy atom. The highest BCUT2D eigenvalue weighted by Crippen LogP contribution is 2.22. The Hall–Kier alpha value is -1.59. The minimum Gasteiger partial charge on any atom is -0.480 e. The molecule has 2 N–H and O–H groups in total. The van der Waals surface area contributed by atoms with Crippen LogP contribution >= 0.6 is 12.4 Å². The molecule has 5 nitrogen and oxygen atoms in total. The number of carboxylic acid groups (broad SMARTS) is 1. The van der Waals surface area contributed by atoms with Gasteiger partial charge in [-0.3, -0.25) is 14.5 Å². The van der Waals surface area contributed by atoms with Crippen LogP contribution < -0.4 is 5.32 Å². The number of aryl methyl sites for hydroxylation is 3. The second-order valence-corrected chi connectivity index (χ2v) is 5.79. The summed E-state index contributed by atoms with van der Waals surface area (Å²) in [6.07, 6.45) is 1.44. The van der Waals surface area contributed by atoms with Crippen LogP contribution in [0.15, 0.2) is 12.1 Å². The fraction of sp³-hybridized carbons (Fsp3) is 0.500. The van der Waals surface area contributed by atoms with Crippen LogP contribution in [0, 0.1) is 20.8 Å². The van der Waals surface area contributed by atoms with Gasteiger partial charge in [-0.05, 0) is 51.3 Å². The minimum atomic E-state index is -0.844. The molecule has 0 unspecified atom stereocenters. The van der Waals surface area contributed by atoms with Crippen molar-refractivity contribution in [3.05, 3.63) is 28.8 Å². The number of nitrogens with zero attached hydrogens (tertiary/aromatic N) is 1. The molecule has 1 atom stereocenters. The molecule has 1 aliphatic rings. The number of carboxylic acids is 1. The van der Waals surface area contributed by atoms with E-state index in [0.717, 1.165) is 28.8 Å². The summed E-state index contributed by atoms with van der Waals surface area (Å²) in [6, 6.07) is 3.52. The number of carbonyl (C=O) groups is 2. The number of halogens is 1. The Kier molecular flexibility index (Phi) is 6.38. The number of nitrogens with one attached hydrogen (secondary N) is 1. The van der Waals surface area contributed by atoms with E-state index in [9.17, 15) is 9.59 Å². The van der Waals surface area contributed by atoms with Crippen molar-refractivity contribution >= 4 is 30.0 Å². The molecule has 0 aliphatic carbocycles. The first kappa shape index (κ1) is 18.5. The summed E-state index contributed by atoms with van der Waals surface area (Å²) >= 11 is 0. The van der Waals surface area contributed by atoms with Gasteiger partial charge in [-0.15, -0.1) is 12.4 Å². The third kappa shape index (κ3) is 4.21. The van der Waals surface area contributed by atoms with Crippen molar-refractivity contribution in [1.82, 2.24) is 4.90 Å². The number of benzene rings is 1. The zero-order valence-electron chi connectivity index (χ0n) is 13.2. The van der Waals surface area contributed by atoms with Crippen molar-refractivity contribution in [1.29, 1.82) is 0 Å². The van der Waals surface area contributed by atoms with E-state index in [1.54, 1.807) is 4.90 Å². The number of hydrogen-bond donors (Lipinski definition) is 2. The van der Waals surface area contributed by atoms with Gasteiger partial charge in [-0.1, -0.05) is 17.7 Å². The maximum atomic E-state index is 12.2. The first-order valence-electron chi connectivity index (χ1n) is 7.23. The van der Waals surface area contributed by atoms with Crippen LogP contribution in [-0.2, 0) is 9.59 Å². The zero-order valence-corrected chi connectivity index (χ0v) is 14.0. The third-order valence-corrected chi connectivity index (χ3v) is 3.94. The molecule has 0 spiro atoms. The van der Waals surface area contributed by atoms with E-state index in [2.05, 4.69) is 5.32 Å². The maximum absolute atomic E-state index is 12.2. The number of hydrogen-bond acceptors (Lipinski definition) is 3. The Morgan fingerprint density at radius 2 is 1.86 bits per heavy atom. The first-order valence-corrected chi connectivity index (χ1v) is 7.23. The van der Waals surface area contributed by atoms with Crippen molar-refractivity contribution in [2.45, 2.75) is 39.7 Å². The summed E-state index contributed by atoms with van der Waals surface area (Å²) in [5, 5.41) is 12.1. The van der Waals surface area contributed by atoms with Crippen molar-refractivity contribution < 1.29 is 14.7 Å². The van der Waals surface area contributed by atoms with E-state index in [4.69, 9.17) is 5.11 Å². The highest BCUT2D eigenvalue weighted by Gasteiger charge is 2.31. The third-order valence-electron chi connectivity index (χ3n) is 3.94. The molecule has 1 amide bonds. The minimum absolute atomic E-state index is 0. The second kappa shape index (κ2) is 7.61. The molecular weight excluding hydrogens is 304 g/mol. The molecule has 0 aromatic heterocycles. The van der Waals surface area contributed by atoms with Crippen molar-refractivity contribution in [2.75, 3.05) is 18.4 Å². The van der Waals surface area contributed by atoms with Crippen LogP contribution in [0.25, 0.3) is 0 Å². The number of anilines is 1. The van der Waals surface area contributed by atoms with Crippen molar-refractivity contribution in [2.24, 2.45) is 0 Å². The summed E-state index contributed by atoms with van der Waals surface area (Å²) in [4.78, 5) is 25.0. The van der Waals surface area contributed by atoms with Crippen LogP contribution in [0.5, 0.6) is 0 Å². The lowest BCUT2D eigenvalue weighted by Gasteiger charge is -2.21. The number of amides is 1. The Bertz CT molecular complexity index is 552. The largest absolute Gasteiger partial charge is 0.480 e. The quantitative estimate of drug-likeness (QED) is 0.892. The summed E-state index contributed by atoms with van der Waals surface area (Å²) < 4.78 is 0. The zero-order chi connectivity index (χ0) is 15.6. The lowest BCUT2D eigenvalue weighted by molar-refractivity contribution is -0.142. The van der Waals surface area contributed by atoms with Gasteiger partial charge >= 0.3 is 5.97 Å². The van der Waals surface area contributed by atoms with E-state index in [1.807, 2.05) is 32.9 Å². The predicted octanol–water partition coefficient (Wildman–Crippen LogP) is 2.52. The predicted molar refractivity (Wildman–Crippen MR) is 88.8 cm³/mol. The standard InChI is InChI=1S/C16H22N2O3.ClH/c1-10-7-11(2)15(12(3)8-10)17-14(19)9-18-6-4-5-13(18)16(20)21;/h7-8,13H,4-6,9H2,1-3H3,(H,17,19)(H,20,21);1H/t13-;/m0./s1. The Morgan fingerprint density at radius 1 is 1.27 bits per heavy atom. The number of rotatable bonds is 4. The van der Waals surface area contributed by atoms with Crippen LogP contribution in [-0.4, -0.2) is 41.0 Å². The summed E-state index contributed by atoms with van der Waals surface area (Å²) in [5.74, 6) is -0.999. The van der Waals surface area contributed by atoms with Gasteiger partial charge in [0.2, 0.25) is 5.91 Å². The van der Waals surface area contributed by atoms with Crippen LogP contribution in [0.2, 0.25) is 0 Å². The smallest absolute Gasteiger partial charge is 0.320 e. The van der Waals surface area contributed by atoms with Gasteiger partial charge in [0.05, 0.1) is 6.54 Å². The monoisotopic (exact) mass is 326 g/mol. The van der Waals surface area contributed by atoms with Gasteiger partial charge in [-0.2, -0.15) is 0 Å². The maximum Gasteiger partial charge on any atom is 0.320 e. The van der Waals surface area contributed by atoms with Gasteiger partial charge in [0.1, 0.15) is 6.04 Å². The molecule has 6 heteroatoms. The normalized spacial score (nSPS) is 17.9. The van der Waals surface area contributed by atoms with Gasteiger partial charge in [0, 0.05) is 5.69 Å². The highest BCUT2D eigenvalue weighted by atomic mass is 35.5. The molecule has 1 saturated heterocycles. The molecule has 1 aromatic rings. The van der Waals surface area contributed by atoms with Gasteiger partial charge < -0.3 is 10.4 Å². The summed E-state index contributed by atoms with van der Waals surface area (Å²) in [5.41, 5.74) is 4.04. The molecule has 2 rings (SSSR count). The van der Waals surface area contributed by atoms with Gasteiger partial charge in [0.15, 0.2) is 0 Å². The van der Waals surface area contributed by atoms with E-state index in [0.29, 0.717) is 13.0 Å². The van der Waals surface area contributed by atoms with Gasteiger partial charge in [0.25, 0.3) is 0 Å². The van der Waals surface area contributed by atoms with E-state index >= 15 is 0 Å². The molecule has 0 bridgehead atoms. The van der Waals surface area contributed by atoms with Crippen molar-refractivity contribution in [3.8, 4) is 0 Å². The van der Waals surface area contributed by atoms with E-state index in [-0.39, 0.29) is 24.9 Å². The molecule has 122 valence electrons. The van der Waals surface area contributed by atoms with Crippen LogP contribution in [0.3, 0.4) is 0 Å². The molecule has 1 fully saturated rings. The van der Waals surface area contributed by atoms with E-state index < -0.39 is 12.0 Å². The topological polar surface area (TPSA) is 69.6 Å². The fourth-order valence-electron chi connectivity index (χ4n) is 3.04. The van der Waals surface area contributed by atoms with E-state index in [1.165, 1.54) is 0 Å². The summed E-state index contributed by atoms with van der Waals surface area (Å²) in [6.45, 7) is 6.74. The SMILES string of the molecule is Cc1cc(C)c(NC(=O)CN2CCC[C@H]2C(=O)O)c(C)c1.Cl. The Labute approximate surface area is 137 Å². The fourth-order valence-corrected chi connectivity index (χ4v) is 3.04. The molecule has 1 aromatic carbocycles. The lowest BCUT2D eigenvalue weighted by Crippen LogP contribution is -2.41. The van der Waals surface area contributed by atoms with Crippen LogP contribution in [0.1, 0.15) is 29.5 Å². The van der Waals surface area contributed by atoms with Gasteiger partial charge in [-0.25, -0.2) is 0 Å². The average Bonchev–Trinajstić information content (AvgIpc) is 2.82. The molecule has 1 heterocycles. The second-order valence-electron chi connectivity index (χ2n) is 5.79. The number of likely N-dealkylation sites (tertiary alicyclic amines) is 1. The number of aliphatic carboxylic acids is 1. The first-order chi connectivity index (χ1) is 9.88. The molecule has 0 saturated carbocycles. The highest BCUT2D eigenvalue weighted by molar-refractivity contribution is 5.94. The average molecular weight is 327 g/mol. The molecule has 22 heavy (non-hydrogen) atoms. The number of carbonyl (C=O) groups excluding carboxylic acids is 1.